The third-order valence-electron chi connectivity index (χ3n) is 5.25. The van der Waals surface area contributed by atoms with Gasteiger partial charge in [0, 0.05) is 34.2 Å². The number of nitrogens with one attached hydrogen (secondary N) is 1. The number of rotatable bonds is 7. The Kier molecular flexibility index (Phi) is 6.10. The first-order valence-corrected chi connectivity index (χ1v) is 10.8. The lowest BCUT2D eigenvalue weighted by Gasteiger charge is -2.14. The number of hydrogen-bond donors (Lipinski definition) is 2. The summed E-state index contributed by atoms with van der Waals surface area (Å²) in [5.41, 5.74) is 2.20. The highest BCUT2D eigenvalue weighted by Crippen LogP contribution is 2.42. The second-order valence-corrected chi connectivity index (χ2v) is 8.67. The van der Waals surface area contributed by atoms with Crippen LogP contribution in [-0.2, 0) is 17.5 Å². The number of nitrogens with zero attached hydrogens (tertiary/aromatic N) is 1. The molecule has 0 saturated carbocycles. The molecule has 1 atom stereocenters. The van der Waals surface area contributed by atoms with Crippen molar-refractivity contribution < 1.29 is 27.8 Å². The molecule has 0 radical (unpaired) electrons. The van der Waals surface area contributed by atoms with Gasteiger partial charge in [-0.05, 0) is 55.3 Å². The second kappa shape index (κ2) is 8.82. The van der Waals surface area contributed by atoms with Crippen molar-refractivity contribution in [2.45, 2.75) is 31.4 Å². The number of ether oxygens (including phenoxy) is 1. The Morgan fingerprint density at radius 2 is 1.94 bits per heavy atom. The van der Waals surface area contributed by atoms with Gasteiger partial charge in [-0.25, -0.2) is 4.79 Å². The zero-order valence-electron chi connectivity index (χ0n) is 17.1. The number of aryl methyl sites for hydroxylation is 1. The van der Waals surface area contributed by atoms with E-state index in [-0.39, 0.29) is 12.0 Å². The Morgan fingerprint density at radius 1 is 1.19 bits per heavy atom. The molecule has 1 aliphatic rings. The van der Waals surface area contributed by atoms with E-state index in [1.165, 1.54) is 12.1 Å². The van der Waals surface area contributed by atoms with E-state index in [9.17, 15) is 18.0 Å². The van der Waals surface area contributed by atoms with E-state index < -0.39 is 17.7 Å². The summed E-state index contributed by atoms with van der Waals surface area (Å²) in [6.45, 7) is 2.33. The Hall–Kier alpha value is -3.07. The van der Waals surface area contributed by atoms with Crippen LogP contribution in [0.4, 0.5) is 13.2 Å². The van der Waals surface area contributed by atoms with Crippen molar-refractivity contribution in [1.82, 2.24) is 9.88 Å². The first kappa shape index (κ1) is 22.1. The van der Waals surface area contributed by atoms with Crippen LogP contribution in [0.25, 0.3) is 10.9 Å². The molecule has 0 saturated heterocycles. The van der Waals surface area contributed by atoms with Crippen molar-refractivity contribution in [3.05, 3.63) is 76.5 Å². The summed E-state index contributed by atoms with van der Waals surface area (Å²) in [6, 6.07) is 12.7. The summed E-state index contributed by atoms with van der Waals surface area (Å²) >= 11 is 1.62. The molecule has 0 fully saturated rings. The van der Waals surface area contributed by atoms with Crippen LogP contribution in [0.3, 0.4) is 0 Å². The minimum atomic E-state index is -4.34. The van der Waals surface area contributed by atoms with Crippen LogP contribution in [-0.4, -0.2) is 22.2 Å². The molecular formula is C23H21F3N2O3S. The summed E-state index contributed by atoms with van der Waals surface area (Å²) in [5.74, 6) is -0.519. The molecular weight excluding hydrogens is 441 g/mol. The van der Waals surface area contributed by atoms with E-state index in [2.05, 4.69) is 9.88 Å². The molecule has 2 aromatic carbocycles. The predicted molar refractivity (Wildman–Crippen MR) is 117 cm³/mol. The lowest BCUT2D eigenvalue weighted by molar-refractivity contribution is -0.139. The van der Waals surface area contributed by atoms with Gasteiger partial charge < -0.3 is 19.7 Å². The van der Waals surface area contributed by atoms with Gasteiger partial charge in [0.25, 0.3) is 0 Å². The molecule has 0 spiro atoms. The fraction of sp³-hybridized carbons (Fsp3) is 0.261. The quantitative estimate of drug-likeness (QED) is 0.466. The predicted octanol–water partition coefficient (Wildman–Crippen LogP) is 5.78. The number of alkyl halides is 3. The number of halogens is 3. The minimum Gasteiger partial charge on any atom is -0.482 e. The van der Waals surface area contributed by atoms with Gasteiger partial charge in [-0.15, -0.1) is 0 Å². The molecule has 1 aliphatic heterocycles. The van der Waals surface area contributed by atoms with Crippen LogP contribution in [0.5, 0.6) is 5.75 Å². The van der Waals surface area contributed by atoms with E-state index in [0.717, 1.165) is 52.2 Å². The highest BCUT2D eigenvalue weighted by molar-refractivity contribution is 8.03. The van der Waals surface area contributed by atoms with Gasteiger partial charge >= 0.3 is 12.1 Å². The molecule has 4 rings (SSSR count). The Labute approximate surface area is 186 Å². The average Bonchev–Trinajstić information content (AvgIpc) is 3.33. The molecule has 1 aromatic heterocycles. The Bertz CT molecular complexity index is 1170. The Morgan fingerprint density at radius 3 is 2.62 bits per heavy atom. The molecule has 5 nitrogen and oxygen atoms in total. The number of benzene rings is 2. The average molecular weight is 462 g/mol. The van der Waals surface area contributed by atoms with E-state index in [0.29, 0.717) is 5.75 Å². The molecule has 0 aliphatic carbocycles. The van der Waals surface area contributed by atoms with Crippen molar-refractivity contribution in [3.8, 4) is 5.75 Å². The third-order valence-corrected chi connectivity index (χ3v) is 6.67. The van der Waals surface area contributed by atoms with Crippen molar-refractivity contribution >= 4 is 28.6 Å². The van der Waals surface area contributed by atoms with Gasteiger partial charge in [-0.3, -0.25) is 0 Å². The molecule has 9 heteroatoms. The minimum absolute atomic E-state index is 0.109. The van der Waals surface area contributed by atoms with Gasteiger partial charge in [0.15, 0.2) is 6.61 Å². The van der Waals surface area contributed by atoms with E-state index in [1.807, 2.05) is 31.3 Å². The highest BCUT2D eigenvalue weighted by atomic mass is 32.2. The summed E-state index contributed by atoms with van der Waals surface area (Å²) in [7, 11) is 0. The topological polar surface area (TPSA) is 63.5 Å². The lowest BCUT2D eigenvalue weighted by Crippen LogP contribution is -2.12. The molecule has 2 N–H and O–H groups in total. The Balaban J connectivity index is 1.39. The number of allylic oxidation sites excluding steroid dienone is 2. The maximum atomic E-state index is 12.8. The van der Waals surface area contributed by atoms with Gasteiger partial charge in [-0.2, -0.15) is 13.2 Å². The van der Waals surface area contributed by atoms with Crippen LogP contribution in [0, 0.1) is 0 Å². The largest absolute Gasteiger partial charge is 0.482 e. The lowest BCUT2D eigenvalue weighted by atomic mass is 10.1. The number of carbonyl (C=O) groups is 1. The first-order valence-electron chi connectivity index (χ1n) is 9.94. The number of carboxylic acids is 1. The molecule has 0 bridgehead atoms. The smallest absolute Gasteiger partial charge is 0.416 e. The third kappa shape index (κ3) is 4.88. The number of carboxylic acid groups (broad SMARTS) is 1. The number of hydrogen-bond acceptors (Lipinski definition) is 4. The fourth-order valence-corrected chi connectivity index (χ4v) is 4.87. The van der Waals surface area contributed by atoms with Crippen molar-refractivity contribution in [2.24, 2.45) is 0 Å². The first-order chi connectivity index (χ1) is 15.2. The van der Waals surface area contributed by atoms with Gasteiger partial charge in [0.2, 0.25) is 0 Å². The SMILES string of the molecule is CC1=C(CCn2ccc3cc(OCC(=O)O)ccc32)SC(c2ccc(C(F)(F)F)cc2)N1. The molecule has 168 valence electrons. The number of thioether (sulfide) groups is 1. The monoisotopic (exact) mass is 462 g/mol. The van der Waals surface area contributed by atoms with Crippen molar-refractivity contribution in [3.63, 3.8) is 0 Å². The number of fused-ring (bicyclic) bond motifs is 1. The van der Waals surface area contributed by atoms with E-state index >= 15 is 0 Å². The zero-order valence-corrected chi connectivity index (χ0v) is 18.0. The summed E-state index contributed by atoms with van der Waals surface area (Å²) in [6.07, 6.45) is -1.58. The van der Waals surface area contributed by atoms with Crippen LogP contribution in [0.2, 0.25) is 0 Å². The molecule has 2 heterocycles. The molecule has 32 heavy (non-hydrogen) atoms. The highest BCUT2D eigenvalue weighted by Gasteiger charge is 2.31. The number of aliphatic carboxylic acids is 1. The maximum absolute atomic E-state index is 12.8. The van der Waals surface area contributed by atoms with Crippen molar-refractivity contribution in [2.75, 3.05) is 6.61 Å². The second-order valence-electron chi connectivity index (χ2n) is 7.47. The van der Waals surface area contributed by atoms with Crippen LogP contribution >= 0.6 is 11.8 Å². The molecule has 1 unspecified atom stereocenters. The summed E-state index contributed by atoms with van der Waals surface area (Å²) < 4.78 is 45.7. The summed E-state index contributed by atoms with van der Waals surface area (Å²) in [4.78, 5) is 11.8. The van der Waals surface area contributed by atoms with E-state index in [4.69, 9.17) is 9.84 Å². The van der Waals surface area contributed by atoms with Crippen molar-refractivity contribution in [1.29, 1.82) is 0 Å². The van der Waals surface area contributed by atoms with Gasteiger partial charge in [0.05, 0.1) is 5.56 Å². The van der Waals surface area contributed by atoms with Crippen LogP contribution in [0.1, 0.15) is 29.8 Å². The normalized spacial score (nSPS) is 16.4. The van der Waals surface area contributed by atoms with Crippen LogP contribution in [0.15, 0.2) is 65.3 Å². The standard InChI is InChI=1S/C23H21F3N2O3S/c1-14-20(32-22(27-14)15-2-4-17(5-3-15)23(24,25)26)9-11-28-10-8-16-12-18(6-7-19(16)28)31-13-21(29)30/h2-8,10,12,22,27H,9,11,13H2,1H3,(H,29,30). The summed E-state index contributed by atoms with van der Waals surface area (Å²) in [5, 5.41) is 12.9. The van der Waals surface area contributed by atoms with Crippen LogP contribution < -0.4 is 10.1 Å². The van der Waals surface area contributed by atoms with Gasteiger partial charge in [0.1, 0.15) is 11.1 Å². The zero-order chi connectivity index (χ0) is 22.9. The fourth-order valence-electron chi connectivity index (χ4n) is 3.61. The van der Waals surface area contributed by atoms with Gasteiger partial charge in [-0.1, -0.05) is 23.9 Å². The molecule has 0 amide bonds. The van der Waals surface area contributed by atoms with E-state index in [1.54, 1.807) is 17.8 Å². The number of aromatic nitrogens is 1. The molecule has 3 aromatic rings. The maximum Gasteiger partial charge on any atom is 0.416 e.